The van der Waals surface area contributed by atoms with Gasteiger partial charge < -0.3 is 14.2 Å². The van der Waals surface area contributed by atoms with Crippen molar-refractivity contribution in [3.63, 3.8) is 0 Å². The summed E-state index contributed by atoms with van der Waals surface area (Å²) in [5.41, 5.74) is 2.36. The molecule has 0 radical (unpaired) electrons. The average molecular weight is 287 g/mol. The van der Waals surface area contributed by atoms with Crippen LogP contribution >= 0.6 is 0 Å². The fourth-order valence-electron chi connectivity index (χ4n) is 2.75. The maximum Gasteiger partial charge on any atom is 0.142 e. The number of methoxy groups -OCH3 is 1. The minimum atomic E-state index is 0.912. The normalized spacial score (nSPS) is 16.2. The van der Waals surface area contributed by atoms with E-state index < -0.39 is 0 Å². The zero-order valence-electron chi connectivity index (χ0n) is 12.6. The predicted octanol–water partition coefficient (Wildman–Crippen LogP) is 2.31. The van der Waals surface area contributed by atoms with Crippen LogP contribution in [0.3, 0.4) is 0 Å². The molecule has 1 saturated heterocycles. The summed E-state index contributed by atoms with van der Waals surface area (Å²) in [6.07, 6.45) is 1.82. The predicted molar refractivity (Wildman–Crippen MR) is 81.7 cm³/mol. The smallest absolute Gasteiger partial charge is 0.142 e. The number of nitrogens with zero attached hydrogens (tertiary/aromatic N) is 3. The summed E-state index contributed by atoms with van der Waals surface area (Å²) < 4.78 is 10.6. The molecule has 1 fully saturated rings. The Bertz CT molecular complexity index is 589. The van der Waals surface area contributed by atoms with E-state index in [9.17, 15) is 0 Å². The third kappa shape index (κ3) is 3.03. The Morgan fingerprint density at radius 1 is 1.19 bits per heavy atom. The second-order valence-corrected chi connectivity index (χ2v) is 5.34. The zero-order valence-corrected chi connectivity index (χ0v) is 12.6. The maximum atomic E-state index is 5.45. The lowest BCUT2D eigenvalue weighted by Gasteiger charge is -2.36. The molecule has 0 aliphatic carbocycles. The Morgan fingerprint density at radius 3 is 2.62 bits per heavy atom. The van der Waals surface area contributed by atoms with Gasteiger partial charge in [-0.2, -0.15) is 0 Å². The van der Waals surface area contributed by atoms with E-state index in [2.05, 4.69) is 27.1 Å². The van der Waals surface area contributed by atoms with E-state index in [0.717, 1.165) is 44.2 Å². The molecule has 2 heterocycles. The highest BCUT2D eigenvalue weighted by Gasteiger charge is 2.20. The summed E-state index contributed by atoms with van der Waals surface area (Å²) in [7, 11) is 1.73. The Labute approximate surface area is 125 Å². The summed E-state index contributed by atoms with van der Waals surface area (Å²) in [6, 6.07) is 8.21. The first-order valence-electron chi connectivity index (χ1n) is 7.28. The molecule has 0 spiro atoms. The van der Waals surface area contributed by atoms with Crippen molar-refractivity contribution in [3.8, 4) is 5.75 Å². The molecule has 3 rings (SSSR count). The molecule has 0 amide bonds. The number of para-hydroxylation sites is 2. The second kappa shape index (κ2) is 6.18. The largest absolute Gasteiger partial charge is 0.495 e. The summed E-state index contributed by atoms with van der Waals surface area (Å²) in [5, 5.41) is 3.84. The van der Waals surface area contributed by atoms with Crippen molar-refractivity contribution in [2.45, 2.75) is 13.5 Å². The number of anilines is 1. The Balaban J connectivity index is 1.61. The van der Waals surface area contributed by atoms with Crippen LogP contribution in [0.1, 0.15) is 11.3 Å². The van der Waals surface area contributed by atoms with E-state index >= 15 is 0 Å². The minimum Gasteiger partial charge on any atom is -0.495 e. The van der Waals surface area contributed by atoms with Crippen LogP contribution in [0.5, 0.6) is 5.75 Å². The van der Waals surface area contributed by atoms with Crippen LogP contribution in [-0.4, -0.2) is 43.3 Å². The number of hydrogen-bond acceptors (Lipinski definition) is 5. The first-order chi connectivity index (χ1) is 10.3. The highest BCUT2D eigenvalue weighted by Crippen LogP contribution is 2.28. The Kier molecular flexibility index (Phi) is 4.10. The van der Waals surface area contributed by atoms with Gasteiger partial charge in [0.25, 0.3) is 0 Å². The van der Waals surface area contributed by atoms with Gasteiger partial charge in [0.05, 0.1) is 19.0 Å². The highest BCUT2D eigenvalue weighted by molar-refractivity contribution is 5.58. The molecule has 1 aromatic carbocycles. The number of piperazine rings is 1. The number of ether oxygens (including phenoxy) is 1. The van der Waals surface area contributed by atoms with Crippen LogP contribution in [-0.2, 0) is 6.54 Å². The number of benzene rings is 1. The van der Waals surface area contributed by atoms with E-state index in [4.69, 9.17) is 9.26 Å². The van der Waals surface area contributed by atoms with Crippen molar-refractivity contribution in [2.24, 2.45) is 0 Å². The molecular formula is C16H21N3O2. The fourth-order valence-corrected chi connectivity index (χ4v) is 2.75. The standard InChI is InChI=1S/C16H21N3O2/c1-13-14(11-17-21-13)12-18-7-9-19(10-8-18)15-5-3-4-6-16(15)20-2/h3-6,11H,7-10,12H2,1-2H3. The van der Waals surface area contributed by atoms with Gasteiger partial charge in [0.1, 0.15) is 11.5 Å². The molecule has 112 valence electrons. The monoisotopic (exact) mass is 287 g/mol. The summed E-state index contributed by atoms with van der Waals surface area (Å²) in [4.78, 5) is 4.82. The molecule has 5 nitrogen and oxygen atoms in total. The molecule has 1 aliphatic heterocycles. The first kappa shape index (κ1) is 13.9. The molecular weight excluding hydrogens is 266 g/mol. The van der Waals surface area contributed by atoms with Crippen molar-refractivity contribution < 1.29 is 9.26 Å². The lowest BCUT2D eigenvalue weighted by atomic mass is 10.2. The quantitative estimate of drug-likeness (QED) is 0.863. The topological polar surface area (TPSA) is 41.7 Å². The van der Waals surface area contributed by atoms with Crippen LogP contribution < -0.4 is 9.64 Å². The van der Waals surface area contributed by atoms with E-state index in [1.165, 1.54) is 11.3 Å². The Morgan fingerprint density at radius 2 is 1.95 bits per heavy atom. The molecule has 5 heteroatoms. The summed E-state index contributed by atoms with van der Waals surface area (Å²) >= 11 is 0. The number of rotatable bonds is 4. The molecule has 2 aromatic rings. The number of aryl methyl sites for hydroxylation is 1. The van der Waals surface area contributed by atoms with Crippen LogP contribution in [0.15, 0.2) is 35.0 Å². The van der Waals surface area contributed by atoms with Crippen molar-refractivity contribution >= 4 is 5.69 Å². The minimum absolute atomic E-state index is 0.912. The van der Waals surface area contributed by atoms with Gasteiger partial charge in [0.15, 0.2) is 0 Å². The van der Waals surface area contributed by atoms with Crippen LogP contribution in [0.2, 0.25) is 0 Å². The van der Waals surface area contributed by atoms with Crippen molar-refractivity contribution in [1.82, 2.24) is 10.1 Å². The van der Waals surface area contributed by atoms with Gasteiger partial charge in [-0.1, -0.05) is 17.3 Å². The van der Waals surface area contributed by atoms with E-state index in [0.29, 0.717) is 0 Å². The second-order valence-electron chi connectivity index (χ2n) is 5.34. The third-order valence-electron chi connectivity index (χ3n) is 4.04. The summed E-state index contributed by atoms with van der Waals surface area (Å²) in [6.45, 7) is 6.95. The first-order valence-corrected chi connectivity index (χ1v) is 7.28. The molecule has 0 unspecified atom stereocenters. The van der Waals surface area contributed by atoms with E-state index in [1.807, 2.05) is 25.3 Å². The van der Waals surface area contributed by atoms with Gasteiger partial charge in [-0.15, -0.1) is 0 Å². The van der Waals surface area contributed by atoms with E-state index in [-0.39, 0.29) is 0 Å². The maximum absolute atomic E-state index is 5.45. The highest BCUT2D eigenvalue weighted by atomic mass is 16.5. The molecule has 21 heavy (non-hydrogen) atoms. The van der Waals surface area contributed by atoms with Crippen molar-refractivity contribution in [3.05, 3.63) is 41.8 Å². The molecule has 0 atom stereocenters. The van der Waals surface area contributed by atoms with Gasteiger partial charge in [-0.3, -0.25) is 4.90 Å². The van der Waals surface area contributed by atoms with Crippen LogP contribution in [0, 0.1) is 6.92 Å². The van der Waals surface area contributed by atoms with Crippen LogP contribution in [0.4, 0.5) is 5.69 Å². The van der Waals surface area contributed by atoms with Crippen molar-refractivity contribution in [2.75, 3.05) is 38.2 Å². The van der Waals surface area contributed by atoms with Gasteiger partial charge in [0, 0.05) is 38.3 Å². The van der Waals surface area contributed by atoms with Crippen molar-refractivity contribution in [1.29, 1.82) is 0 Å². The van der Waals surface area contributed by atoms with E-state index in [1.54, 1.807) is 7.11 Å². The average Bonchev–Trinajstić information content (AvgIpc) is 2.93. The Hall–Kier alpha value is -2.01. The fraction of sp³-hybridized carbons (Fsp3) is 0.438. The molecule has 0 saturated carbocycles. The molecule has 0 bridgehead atoms. The SMILES string of the molecule is COc1ccccc1N1CCN(Cc2cnoc2C)CC1. The number of hydrogen-bond donors (Lipinski definition) is 0. The van der Waals surface area contributed by atoms with Gasteiger partial charge in [0.2, 0.25) is 0 Å². The lowest BCUT2D eigenvalue weighted by molar-refractivity contribution is 0.247. The molecule has 1 aliphatic rings. The molecule has 0 N–H and O–H groups in total. The number of aromatic nitrogens is 1. The van der Waals surface area contributed by atoms with Crippen LogP contribution in [0.25, 0.3) is 0 Å². The third-order valence-corrected chi connectivity index (χ3v) is 4.04. The summed E-state index contributed by atoms with van der Waals surface area (Å²) in [5.74, 6) is 1.86. The van der Waals surface area contributed by atoms with Gasteiger partial charge in [-0.05, 0) is 19.1 Å². The van der Waals surface area contributed by atoms with Gasteiger partial charge >= 0.3 is 0 Å². The lowest BCUT2D eigenvalue weighted by Crippen LogP contribution is -2.46. The molecule has 1 aromatic heterocycles. The zero-order chi connectivity index (χ0) is 14.7. The van der Waals surface area contributed by atoms with Gasteiger partial charge in [-0.25, -0.2) is 0 Å².